The zero-order valence-corrected chi connectivity index (χ0v) is 9.85. The molecule has 0 spiro atoms. The lowest BCUT2D eigenvalue weighted by Gasteiger charge is -2.31. The highest BCUT2D eigenvalue weighted by atomic mass is 16.5. The molecule has 0 aliphatic heterocycles. The maximum absolute atomic E-state index is 10.3. The summed E-state index contributed by atoms with van der Waals surface area (Å²) < 4.78 is 5.60. The molecule has 1 aromatic rings. The standard InChI is InChI=1S/C14H17NO2/c15-10-12-6-2-3-7-13(12)17-11-14(16)8-4-1-5-9-14/h2-3,6-7,16H,1,4-5,8-9,11H2. The molecule has 0 radical (unpaired) electrons. The van der Waals surface area contributed by atoms with Gasteiger partial charge in [0.1, 0.15) is 18.4 Å². The Morgan fingerprint density at radius 1 is 1.24 bits per heavy atom. The fourth-order valence-corrected chi connectivity index (χ4v) is 2.25. The summed E-state index contributed by atoms with van der Waals surface area (Å²) in [5.41, 5.74) is -0.187. The molecule has 0 aromatic heterocycles. The second-order valence-corrected chi connectivity index (χ2v) is 4.68. The highest BCUT2D eigenvalue weighted by Crippen LogP contribution is 2.29. The van der Waals surface area contributed by atoms with Gasteiger partial charge in [0.05, 0.1) is 11.2 Å². The van der Waals surface area contributed by atoms with E-state index >= 15 is 0 Å². The van der Waals surface area contributed by atoms with Crippen molar-refractivity contribution >= 4 is 0 Å². The molecular formula is C14H17NO2. The second kappa shape index (κ2) is 5.20. The van der Waals surface area contributed by atoms with Crippen molar-refractivity contribution in [3.05, 3.63) is 29.8 Å². The van der Waals surface area contributed by atoms with Gasteiger partial charge in [0.15, 0.2) is 0 Å². The van der Waals surface area contributed by atoms with Crippen LogP contribution in [0.3, 0.4) is 0 Å². The summed E-state index contributed by atoms with van der Waals surface area (Å²) >= 11 is 0. The molecule has 0 saturated heterocycles. The summed E-state index contributed by atoms with van der Waals surface area (Å²) in [5, 5.41) is 19.2. The van der Waals surface area contributed by atoms with Crippen LogP contribution in [0, 0.1) is 11.3 Å². The van der Waals surface area contributed by atoms with E-state index in [0.29, 0.717) is 11.3 Å². The minimum absolute atomic E-state index is 0.283. The summed E-state index contributed by atoms with van der Waals surface area (Å²) in [5.74, 6) is 0.564. The molecule has 1 saturated carbocycles. The van der Waals surface area contributed by atoms with Gasteiger partial charge in [-0.25, -0.2) is 0 Å². The average Bonchev–Trinajstić information content (AvgIpc) is 2.38. The fraction of sp³-hybridized carbons (Fsp3) is 0.500. The molecule has 3 nitrogen and oxygen atoms in total. The van der Waals surface area contributed by atoms with Crippen LogP contribution in [-0.4, -0.2) is 17.3 Å². The molecule has 0 bridgehead atoms. The van der Waals surface area contributed by atoms with Crippen LogP contribution in [0.1, 0.15) is 37.7 Å². The summed E-state index contributed by atoms with van der Waals surface area (Å²) in [6.45, 7) is 0.283. The van der Waals surface area contributed by atoms with E-state index in [1.54, 1.807) is 18.2 Å². The van der Waals surface area contributed by atoms with Crippen LogP contribution in [0.25, 0.3) is 0 Å². The first-order valence-corrected chi connectivity index (χ1v) is 6.08. The first-order chi connectivity index (χ1) is 8.23. The molecule has 1 aliphatic rings. The van der Waals surface area contributed by atoms with Crippen LogP contribution in [0.5, 0.6) is 5.75 Å². The van der Waals surface area contributed by atoms with Crippen molar-refractivity contribution in [3.63, 3.8) is 0 Å². The van der Waals surface area contributed by atoms with Gasteiger partial charge in [-0.3, -0.25) is 0 Å². The number of benzene rings is 1. The SMILES string of the molecule is N#Cc1ccccc1OCC1(O)CCCCC1. The van der Waals surface area contributed by atoms with E-state index in [1.807, 2.05) is 6.07 Å². The normalized spacial score (nSPS) is 18.4. The summed E-state index contributed by atoms with van der Waals surface area (Å²) in [7, 11) is 0. The van der Waals surface area contributed by atoms with E-state index in [4.69, 9.17) is 10.00 Å². The highest BCUT2D eigenvalue weighted by Gasteiger charge is 2.30. The Morgan fingerprint density at radius 3 is 2.65 bits per heavy atom. The molecule has 0 atom stereocenters. The molecule has 0 heterocycles. The Morgan fingerprint density at radius 2 is 1.94 bits per heavy atom. The molecule has 0 amide bonds. The van der Waals surface area contributed by atoms with E-state index in [0.717, 1.165) is 25.7 Å². The first-order valence-electron chi connectivity index (χ1n) is 6.08. The van der Waals surface area contributed by atoms with Crippen molar-refractivity contribution in [1.82, 2.24) is 0 Å². The number of nitrogens with zero attached hydrogens (tertiary/aromatic N) is 1. The Balaban J connectivity index is 2.00. The van der Waals surface area contributed by atoms with Crippen LogP contribution in [0.15, 0.2) is 24.3 Å². The van der Waals surface area contributed by atoms with Gasteiger partial charge in [-0.2, -0.15) is 5.26 Å². The lowest BCUT2D eigenvalue weighted by Crippen LogP contribution is -2.38. The fourth-order valence-electron chi connectivity index (χ4n) is 2.25. The lowest BCUT2D eigenvalue weighted by atomic mass is 9.85. The topological polar surface area (TPSA) is 53.2 Å². The number of nitriles is 1. The van der Waals surface area contributed by atoms with Crippen molar-refractivity contribution in [3.8, 4) is 11.8 Å². The highest BCUT2D eigenvalue weighted by molar-refractivity contribution is 5.42. The third-order valence-corrected chi connectivity index (χ3v) is 3.29. The maximum atomic E-state index is 10.3. The molecule has 0 unspecified atom stereocenters. The van der Waals surface area contributed by atoms with Crippen molar-refractivity contribution in [2.75, 3.05) is 6.61 Å². The Hall–Kier alpha value is -1.53. The van der Waals surface area contributed by atoms with Gasteiger partial charge in [0, 0.05) is 0 Å². The van der Waals surface area contributed by atoms with Crippen molar-refractivity contribution < 1.29 is 9.84 Å². The number of hydrogen-bond donors (Lipinski definition) is 1. The molecule has 17 heavy (non-hydrogen) atoms. The Labute approximate surface area is 102 Å². The van der Waals surface area contributed by atoms with Gasteiger partial charge < -0.3 is 9.84 Å². The molecule has 1 aliphatic carbocycles. The van der Waals surface area contributed by atoms with E-state index in [9.17, 15) is 5.11 Å². The minimum Gasteiger partial charge on any atom is -0.489 e. The Bertz CT molecular complexity index is 416. The number of para-hydroxylation sites is 1. The van der Waals surface area contributed by atoms with Gasteiger partial charge in [0.25, 0.3) is 0 Å². The van der Waals surface area contributed by atoms with Gasteiger partial charge in [0.2, 0.25) is 0 Å². The number of aliphatic hydroxyl groups is 1. The zero-order valence-electron chi connectivity index (χ0n) is 9.85. The maximum Gasteiger partial charge on any atom is 0.137 e. The Kier molecular flexibility index (Phi) is 3.65. The van der Waals surface area contributed by atoms with Crippen LogP contribution in [-0.2, 0) is 0 Å². The molecule has 3 heteroatoms. The van der Waals surface area contributed by atoms with Gasteiger partial charge >= 0.3 is 0 Å². The van der Waals surface area contributed by atoms with Crippen molar-refractivity contribution in [2.24, 2.45) is 0 Å². The second-order valence-electron chi connectivity index (χ2n) is 4.68. The smallest absolute Gasteiger partial charge is 0.137 e. The number of hydrogen-bond acceptors (Lipinski definition) is 3. The van der Waals surface area contributed by atoms with Gasteiger partial charge in [-0.1, -0.05) is 31.4 Å². The van der Waals surface area contributed by atoms with E-state index in [1.165, 1.54) is 6.42 Å². The van der Waals surface area contributed by atoms with Crippen LogP contribution >= 0.6 is 0 Å². The third kappa shape index (κ3) is 2.98. The van der Waals surface area contributed by atoms with Gasteiger partial charge in [-0.05, 0) is 25.0 Å². The molecule has 90 valence electrons. The largest absolute Gasteiger partial charge is 0.489 e. The molecule has 1 fully saturated rings. The minimum atomic E-state index is -0.708. The molecule has 1 N–H and O–H groups in total. The average molecular weight is 231 g/mol. The molecular weight excluding hydrogens is 214 g/mol. The van der Waals surface area contributed by atoms with E-state index < -0.39 is 5.60 Å². The predicted octanol–water partition coefficient (Wildman–Crippen LogP) is 2.63. The van der Waals surface area contributed by atoms with E-state index in [-0.39, 0.29) is 6.61 Å². The summed E-state index contributed by atoms with van der Waals surface area (Å²) in [6, 6.07) is 9.22. The zero-order chi connectivity index (χ0) is 12.1. The van der Waals surface area contributed by atoms with Crippen LogP contribution in [0.4, 0.5) is 0 Å². The van der Waals surface area contributed by atoms with Gasteiger partial charge in [-0.15, -0.1) is 0 Å². The van der Waals surface area contributed by atoms with E-state index in [2.05, 4.69) is 6.07 Å². The van der Waals surface area contributed by atoms with Crippen LogP contribution < -0.4 is 4.74 Å². The first kappa shape index (κ1) is 11.9. The van der Waals surface area contributed by atoms with Crippen LogP contribution in [0.2, 0.25) is 0 Å². The third-order valence-electron chi connectivity index (χ3n) is 3.29. The number of rotatable bonds is 3. The summed E-state index contributed by atoms with van der Waals surface area (Å²) in [4.78, 5) is 0. The predicted molar refractivity (Wildman–Crippen MR) is 64.7 cm³/mol. The quantitative estimate of drug-likeness (QED) is 0.870. The lowest BCUT2D eigenvalue weighted by molar-refractivity contribution is -0.0339. The summed E-state index contributed by atoms with van der Waals surface area (Å²) in [6.07, 6.45) is 4.89. The number of ether oxygens (including phenoxy) is 1. The molecule has 1 aromatic carbocycles. The monoisotopic (exact) mass is 231 g/mol. The molecule has 2 rings (SSSR count). The van der Waals surface area contributed by atoms with Crippen molar-refractivity contribution in [2.45, 2.75) is 37.7 Å². The van der Waals surface area contributed by atoms with Crippen molar-refractivity contribution in [1.29, 1.82) is 5.26 Å².